The second-order valence-corrected chi connectivity index (χ2v) is 5.09. The molecule has 2 radical (unpaired) electrons. The van der Waals surface area contributed by atoms with Gasteiger partial charge in [0.05, 0.1) is 18.0 Å². The van der Waals surface area contributed by atoms with Gasteiger partial charge in [-0.05, 0) is 36.8 Å². The van der Waals surface area contributed by atoms with Crippen molar-refractivity contribution in [1.82, 2.24) is 0 Å². The van der Waals surface area contributed by atoms with Crippen molar-refractivity contribution in [3.05, 3.63) is 52.0 Å². The van der Waals surface area contributed by atoms with Crippen LogP contribution in [0.25, 0.3) is 0 Å². The topological polar surface area (TPSA) is 45.0 Å². The summed E-state index contributed by atoms with van der Waals surface area (Å²) in [6, 6.07) is 11.0. The Labute approximate surface area is 121 Å². The van der Waals surface area contributed by atoms with E-state index in [2.05, 4.69) is 26.2 Å². The maximum atomic E-state index is 9.29. The van der Waals surface area contributed by atoms with Gasteiger partial charge >= 0.3 is 0 Å². The van der Waals surface area contributed by atoms with E-state index in [1.807, 2.05) is 37.3 Å². The first-order valence-electron chi connectivity index (χ1n) is 5.77. The smallest absolute Gasteiger partial charge is 0.113 e. The molecule has 0 unspecified atom stereocenters. The lowest BCUT2D eigenvalue weighted by Crippen LogP contribution is -2.00. The van der Waals surface area contributed by atoms with Crippen LogP contribution in [0, 0.1) is 6.92 Å². The molecule has 0 fully saturated rings. The van der Waals surface area contributed by atoms with E-state index >= 15 is 0 Å². The molecule has 0 saturated carbocycles. The molecule has 0 heterocycles. The summed E-state index contributed by atoms with van der Waals surface area (Å²) in [4.78, 5) is 0. The molecule has 2 rings (SSSR count). The van der Waals surface area contributed by atoms with E-state index in [4.69, 9.17) is 7.85 Å². The van der Waals surface area contributed by atoms with Gasteiger partial charge in [-0.25, -0.2) is 0 Å². The number of hydrogen-bond donors (Lipinski definition) is 1. The zero-order chi connectivity index (χ0) is 13.8. The van der Waals surface area contributed by atoms with Crippen LogP contribution in [0.4, 0.5) is 11.4 Å². The third-order valence-corrected chi connectivity index (χ3v) is 3.19. The predicted octanol–water partition coefficient (Wildman–Crippen LogP) is 3.46. The molecule has 0 saturated heterocycles. The minimum atomic E-state index is -0.0749. The van der Waals surface area contributed by atoms with Gasteiger partial charge in [-0.2, -0.15) is 10.2 Å². The zero-order valence-corrected chi connectivity index (χ0v) is 12.1. The van der Waals surface area contributed by atoms with Crippen LogP contribution in [0.3, 0.4) is 0 Å². The fourth-order valence-electron chi connectivity index (χ4n) is 1.68. The van der Waals surface area contributed by atoms with Crippen molar-refractivity contribution < 1.29 is 5.11 Å². The molecule has 0 aromatic heterocycles. The Bertz CT molecular complexity index is 629. The fourth-order valence-corrected chi connectivity index (χ4v) is 2.09. The lowest BCUT2D eigenvalue weighted by molar-refractivity contribution is 0.282. The van der Waals surface area contributed by atoms with Crippen LogP contribution in [0.1, 0.15) is 11.1 Å². The molecular weight excluding hydrogens is 303 g/mol. The van der Waals surface area contributed by atoms with E-state index in [0.717, 1.165) is 21.3 Å². The molecule has 0 atom stereocenters. The molecular formula is C14H12BBrN2O. The van der Waals surface area contributed by atoms with Gasteiger partial charge in [0.15, 0.2) is 0 Å². The van der Waals surface area contributed by atoms with Crippen molar-refractivity contribution in [2.24, 2.45) is 10.2 Å². The lowest BCUT2D eigenvalue weighted by atomic mass is 9.94. The highest BCUT2D eigenvalue weighted by Gasteiger charge is 2.02. The van der Waals surface area contributed by atoms with Gasteiger partial charge in [0.1, 0.15) is 7.85 Å². The molecule has 0 bridgehead atoms. The number of halogens is 1. The number of nitrogens with zero attached hydrogens (tertiary/aromatic N) is 2. The molecule has 3 nitrogen and oxygen atoms in total. The maximum absolute atomic E-state index is 9.29. The van der Waals surface area contributed by atoms with Crippen LogP contribution < -0.4 is 5.46 Å². The Morgan fingerprint density at radius 2 is 1.79 bits per heavy atom. The van der Waals surface area contributed by atoms with Crippen LogP contribution >= 0.6 is 15.9 Å². The highest BCUT2D eigenvalue weighted by Crippen LogP contribution is 2.26. The second kappa shape index (κ2) is 6.13. The van der Waals surface area contributed by atoms with Crippen LogP contribution in [0.5, 0.6) is 0 Å². The van der Waals surface area contributed by atoms with Gasteiger partial charge in [-0.3, -0.25) is 0 Å². The van der Waals surface area contributed by atoms with Crippen LogP contribution in [0.15, 0.2) is 51.1 Å². The van der Waals surface area contributed by atoms with E-state index in [0.29, 0.717) is 11.2 Å². The Hall–Kier alpha value is -1.46. The molecule has 2 aromatic carbocycles. The van der Waals surface area contributed by atoms with Crippen molar-refractivity contribution in [2.75, 3.05) is 0 Å². The minimum Gasteiger partial charge on any atom is -0.392 e. The molecule has 19 heavy (non-hydrogen) atoms. The Morgan fingerprint density at radius 3 is 2.47 bits per heavy atom. The first-order chi connectivity index (χ1) is 9.10. The van der Waals surface area contributed by atoms with Crippen LogP contribution in [-0.4, -0.2) is 13.0 Å². The first-order valence-corrected chi connectivity index (χ1v) is 6.56. The number of aliphatic hydroxyl groups excluding tert-OH is 1. The molecule has 0 aliphatic carbocycles. The van der Waals surface area contributed by atoms with Crippen molar-refractivity contribution in [3.8, 4) is 0 Å². The van der Waals surface area contributed by atoms with E-state index in [1.54, 1.807) is 6.07 Å². The highest BCUT2D eigenvalue weighted by molar-refractivity contribution is 9.10. The minimum absolute atomic E-state index is 0.0749. The quantitative estimate of drug-likeness (QED) is 0.684. The van der Waals surface area contributed by atoms with Crippen molar-refractivity contribution >= 4 is 40.6 Å². The van der Waals surface area contributed by atoms with Crippen LogP contribution in [-0.2, 0) is 6.61 Å². The lowest BCUT2D eigenvalue weighted by Gasteiger charge is -2.03. The van der Waals surface area contributed by atoms with Gasteiger partial charge in [0, 0.05) is 10.0 Å². The third-order valence-electron chi connectivity index (χ3n) is 2.70. The summed E-state index contributed by atoms with van der Waals surface area (Å²) in [7, 11) is 5.69. The Kier molecular flexibility index (Phi) is 4.50. The molecule has 94 valence electrons. The largest absolute Gasteiger partial charge is 0.392 e. The number of hydrogen-bond acceptors (Lipinski definition) is 3. The highest BCUT2D eigenvalue weighted by atomic mass is 79.9. The molecule has 2 aromatic rings. The normalized spacial score (nSPS) is 11.1. The van der Waals surface area contributed by atoms with Gasteiger partial charge < -0.3 is 5.11 Å². The standard InChI is InChI=1S/C14H12BBrN2O/c1-9-6-11(15)2-4-13(9)17-18-14-5-3-12(16)7-10(14)8-19/h2-7,19H,8H2,1H3. The van der Waals surface area contributed by atoms with Crippen LogP contribution in [0.2, 0.25) is 0 Å². The number of benzene rings is 2. The average molecular weight is 315 g/mol. The van der Waals surface area contributed by atoms with Gasteiger partial charge in [-0.15, -0.1) is 0 Å². The van der Waals surface area contributed by atoms with Crippen molar-refractivity contribution in [3.63, 3.8) is 0 Å². The van der Waals surface area contributed by atoms with Gasteiger partial charge in [-0.1, -0.05) is 33.5 Å². The average Bonchev–Trinajstić information content (AvgIpc) is 2.39. The maximum Gasteiger partial charge on any atom is 0.113 e. The summed E-state index contributed by atoms with van der Waals surface area (Å²) in [6.45, 7) is 1.85. The number of azo groups is 1. The summed E-state index contributed by atoms with van der Waals surface area (Å²) in [5.41, 5.74) is 3.82. The summed E-state index contributed by atoms with van der Waals surface area (Å²) in [5, 5.41) is 17.7. The number of aliphatic hydroxyl groups is 1. The molecule has 1 N–H and O–H groups in total. The predicted molar refractivity (Wildman–Crippen MR) is 80.8 cm³/mol. The summed E-state index contributed by atoms with van der Waals surface area (Å²) < 4.78 is 0.902. The van der Waals surface area contributed by atoms with E-state index in [-0.39, 0.29) is 6.61 Å². The third kappa shape index (κ3) is 3.52. The summed E-state index contributed by atoms with van der Waals surface area (Å²) >= 11 is 3.36. The SMILES string of the molecule is [B]c1ccc(N=Nc2ccc(Br)cc2CO)c(C)c1. The zero-order valence-electron chi connectivity index (χ0n) is 10.5. The summed E-state index contributed by atoms with van der Waals surface area (Å²) in [5.74, 6) is 0. The second-order valence-electron chi connectivity index (χ2n) is 4.18. The molecule has 0 spiro atoms. The Balaban J connectivity index is 2.32. The number of rotatable bonds is 3. The van der Waals surface area contributed by atoms with Gasteiger partial charge in [0.25, 0.3) is 0 Å². The monoisotopic (exact) mass is 314 g/mol. The fraction of sp³-hybridized carbons (Fsp3) is 0.143. The van der Waals surface area contributed by atoms with Crippen molar-refractivity contribution in [1.29, 1.82) is 0 Å². The first kappa shape index (κ1) is 14.0. The van der Waals surface area contributed by atoms with E-state index in [1.165, 1.54) is 0 Å². The molecule has 5 heteroatoms. The molecule has 0 amide bonds. The number of aryl methyl sites for hydroxylation is 1. The molecule has 0 aliphatic rings. The Morgan fingerprint density at radius 1 is 1.11 bits per heavy atom. The van der Waals surface area contributed by atoms with Crippen molar-refractivity contribution in [2.45, 2.75) is 13.5 Å². The van der Waals surface area contributed by atoms with E-state index < -0.39 is 0 Å². The van der Waals surface area contributed by atoms with E-state index in [9.17, 15) is 5.11 Å². The molecule has 0 aliphatic heterocycles. The van der Waals surface area contributed by atoms with Gasteiger partial charge in [0.2, 0.25) is 0 Å². The summed E-state index contributed by atoms with van der Waals surface area (Å²) in [6.07, 6.45) is 0.